The highest BCUT2D eigenvalue weighted by Gasteiger charge is 2.46. The maximum absolute atomic E-state index is 11.9. The Labute approximate surface area is 198 Å². The number of fused-ring (bicyclic) bond motifs is 3. The summed E-state index contributed by atoms with van der Waals surface area (Å²) in [5, 5.41) is 0. The smallest absolute Gasteiger partial charge is 0.308 e. The van der Waals surface area contributed by atoms with Crippen molar-refractivity contribution in [1.82, 2.24) is 0 Å². The third-order valence-corrected chi connectivity index (χ3v) is 6.68. The van der Waals surface area contributed by atoms with Gasteiger partial charge in [0.1, 0.15) is 23.2 Å². The van der Waals surface area contributed by atoms with Gasteiger partial charge in [-0.2, -0.15) is 0 Å². The molecule has 0 N–H and O–H groups in total. The Hall–Kier alpha value is -2.56. The van der Waals surface area contributed by atoms with Crippen LogP contribution in [-0.2, 0) is 14.3 Å². The van der Waals surface area contributed by atoms with Crippen LogP contribution in [-0.4, -0.2) is 23.6 Å². The Morgan fingerprint density at radius 1 is 1.21 bits per heavy atom. The minimum absolute atomic E-state index is 0.240. The van der Waals surface area contributed by atoms with Crippen LogP contribution in [0.3, 0.4) is 0 Å². The summed E-state index contributed by atoms with van der Waals surface area (Å²) in [5.74, 6) is 1.25. The van der Waals surface area contributed by atoms with Crippen molar-refractivity contribution in [2.45, 2.75) is 97.7 Å². The summed E-state index contributed by atoms with van der Waals surface area (Å²) in [5.41, 5.74) is 2.87. The first kappa shape index (κ1) is 25.1. The predicted molar refractivity (Wildman–Crippen MR) is 130 cm³/mol. The number of unbranched alkanes of at least 4 members (excludes halogenated alkanes) is 2. The van der Waals surface area contributed by atoms with Crippen molar-refractivity contribution in [1.29, 1.82) is 0 Å². The highest BCUT2D eigenvalue weighted by atomic mass is 16.5. The lowest BCUT2D eigenvalue weighted by Gasteiger charge is -2.47. The van der Waals surface area contributed by atoms with Crippen LogP contribution in [0, 0.1) is 5.92 Å². The fourth-order valence-corrected chi connectivity index (χ4v) is 5.12. The highest BCUT2D eigenvalue weighted by Crippen LogP contribution is 2.54. The van der Waals surface area contributed by atoms with Crippen molar-refractivity contribution in [3.05, 3.63) is 41.0 Å². The number of ether oxygens (including phenoxy) is 3. The zero-order chi connectivity index (χ0) is 24.2. The second-order valence-electron chi connectivity index (χ2n) is 9.94. The molecule has 0 spiro atoms. The molecule has 0 fully saturated rings. The molecular formula is C28H38O5. The monoisotopic (exact) mass is 454 g/mol. The molecule has 0 aromatic heterocycles. The molecule has 5 nitrogen and oxygen atoms in total. The normalized spacial score (nSPS) is 21.9. The topological polar surface area (TPSA) is 61.8 Å². The molecule has 1 aliphatic heterocycles. The summed E-state index contributed by atoms with van der Waals surface area (Å²) in [6, 6.07) is 3.92. The third-order valence-electron chi connectivity index (χ3n) is 6.68. The molecule has 3 rings (SSSR count). The molecule has 3 atom stereocenters. The van der Waals surface area contributed by atoms with Gasteiger partial charge in [0.05, 0.1) is 0 Å². The number of carbonyl (C=O) groups is 2. The molecule has 0 saturated heterocycles. The van der Waals surface area contributed by atoms with Crippen molar-refractivity contribution < 1.29 is 23.8 Å². The van der Waals surface area contributed by atoms with Crippen LogP contribution < -0.4 is 9.47 Å². The van der Waals surface area contributed by atoms with Gasteiger partial charge < -0.3 is 14.2 Å². The second kappa shape index (κ2) is 10.6. The number of allylic oxidation sites excluding steroid dienone is 2. The fraction of sp³-hybridized carbons (Fsp3) is 0.571. The zero-order valence-electron chi connectivity index (χ0n) is 20.9. The van der Waals surface area contributed by atoms with E-state index in [0.29, 0.717) is 11.7 Å². The van der Waals surface area contributed by atoms with Gasteiger partial charge in [0, 0.05) is 31.2 Å². The van der Waals surface area contributed by atoms with E-state index in [1.165, 1.54) is 19.4 Å². The minimum atomic E-state index is -0.347. The van der Waals surface area contributed by atoms with Crippen molar-refractivity contribution in [2.75, 3.05) is 0 Å². The van der Waals surface area contributed by atoms with Gasteiger partial charge >= 0.3 is 11.9 Å². The zero-order valence-corrected chi connectivity index (χ0v) is 20.9. The van der Waals surface area contributed by atoms with E-state index in [-0.39, 0.29) is 29.6 Å². The Kier molecular flexibility index (Phi) is 8.04. The first-order valence-corrected chi connectivity index (χ1v) is 12.2. The minimum Gasteiger partial charge on any atom is -0.487 e. The van der Waals surface area contributed by atoms with Crippen molar-refractivity contribution in [3.8, 4) is 11.5 Å². The van der Waals surface area contributed by atoms with Gasteiger partial charge in [0.25, 0.3) is 0 Å². The van der Waals surface area contributed by atoms with Crippen molar-refractivity contribution in [3.63, 3.8) is 0 Å². The molecule has 2 aliphatic rings. The lowest BCUT2D eigenvalue weighted by Crippen LogP contribution is -2.45. The van der Waals surface area contributed by atoms with Gasteiger partial charge in [0.2, 0.25) is 0 Å². The Morgan fingerprint density at radius 2 is 1.97 bits per heavy atom. The number of rotatable bonds is 8. The van der Waals surface area contributed by atoms with E-state index in [1.807, 2.05) is 24.3 Å². The predicted octanol–water partition coefficient (Wildman–Crippen LogP) is 6.75. The Bertz CT molecular complexity index is 940. The number of benzene rings is 1. The molecule has 1 aliphatic carbocycles. The van der Waals surface area contributed by atoms with Gasteiger partial charge in [-0.15, -0.1) is 0 Å². The largest absolute Gasteiger partial charge is 0.487 e. The van der Waals surface area contributed by atoms with E-state index in [4.69, 9.17) is 14.2 Å². The molecule has 0 saturated carbocycles. The van der Waals surface area contributed by atoms with E-state index in [0.717, 1.165) is 55.4 Å². The summed E-state index contributed by atoms with van der Waals surface area (Å²) in [4.78, 5) is 23.5. The van der Waals surface area contributed by atoms with Crippen LogP contribution in [0.25, 0.3) is 6.08 Å². The summed E-state index contributed by atoms with van der Waals surface area (Å²) in [7, 11) is 0. The van der Waals surface area contributed by atoms with Gasteiger partial charge in [-0.3, -0.25) is 9.59 Å². The maximum Gasteiger partial charge on any atom is 0.308 e. The van der Waals surface area contributed by atoms with E-state index in [1.54, 1.807) is 0 Å². The third kappa shape index (κ3) is 6.27. The van der Waals surface area contributed by atoms with E-state index in [9.17, 15) is 9.59 Å². The first-order valence-electron chi connectivity index (χ1n) is 12.2. The molecule has 5 heteroatoms. The maximum atomic E-state index is 11.9. The molecule has 0 amide bonds. The SMILES string of the molecule is CCCCCC(/C=C/c1cc(OC(C)=O)c2c(c1)OC(C)(C)C1CC=C(C)CC21)OC(C)=O. The van der Waals surface area contributed by atoms with Crippen LogP contribution in [0.2, 0.25) is 0 Å². The molecular weight excluding hydrogens is 416 g/mol. The number of hydrogen-bond donors (Lipinski definition) is 0. The lowest BCUT2D eigenvalue weighted by atomic mass is 9.67. The average molecular weight is 455 g/mol. The van der Waals surface area contributed by atoms with Crippen LogP contribution in [0.15, 0.2) is 29.9 Å². The summed E-state index contributed by atoms with van der Waals surface area (Å²) in [6.07, 6.45) is 11.7. The van der Waals surface area contributed by atoms with E-state index < -0.39 is 0 Å². The molecule has 180 valence electrons. The second-order valence-corrected chi connectivity index (χ2v) is 9.94. The summed E-state index contributed by atoms with van der Waals surface area (Å²) >= 11 is 0. The van der Waals surface area contributed by atoms with Crippen LogP contribution in [0.4, 0.5) is 0 Å². The average Bonchev–Trinajstić information content (AvgIpc) is 2.70. The Morgan fingerprint density at radius 3 is 2.64 bits per heavy atom. The van der Waals surface area contributed by atoms with Gasteiger partial charge in [-0.1, -0.05) is 37.5 Å². The Balaban J connectivity index is 1.98. The molecule has 1 heterocycles. The molecule has 0 radical (unpaired) electrons. The van der Waals surface area contributed by atoms with Crippen molar-refractivity contribution in [2.24, 2.45) is 5.92 Å². The molecule has 3 unspecified atom stereocenters. The van der Waals surface area contributed by atoms with Crippen LogP contribution in [0.1, 0.15) is 97.1 Å². The molecule has 1 aromatic carbocycles. The quantitative estimate of drug-likeness (QED) is 0.188. The van der Waals surface area contributed by atoms with Crippen LogP contribution in [0.5, 0.6) is 11.5 Å². The first-order chi connectivity index (χ1) is 15.6. The lowest BCUT2D eigenvalue weighted by molar-refractivity contribution is -0.144. The molecule has 0 bridgehead atoms. The van der Waals surface area contributed by atoms with Crippen LogP contribution >= 0.6 is 0 Å². The van der Waals surface area contributed by atoms with E-state index in [2.05, 4.69) is 33.8 Å². The number of hydrogen-bond acceptors (Lipinski definition) is 5. The highest BCUT2D eigenvalue weighted by molar-refractivity contribution is 5.72. The summed E-state index contributed by atoms with van der Waals surface area (Å²) < 4.78 is 17.7. The molecule has 1 aromatic rings. The van der Waals surface area contributed by atoms with Gasteiger partial charge in [-0.05, 0) is 70.2 Å². The number of carbonyl (C=O) groups excluding carboxylic acids is 2. The van der Waals surface area contributed by atoms with E-state index >= 15 is 0 Å². The fourth-order valence-electron chi connectivity index (χ4n) is 5.12. The van der Waals surface area contributed by atoms with Crippen molar-refractivity contribution >= 4 is 18.0 Å². The summed E-state index contributed by atoms with van der Waals surface area (Å²) in [6.45, 7) is 11.5. The molecule has 33 heavy (non-hydrogen) atoms. The standard InChI is InChI=1S/C28H38O5/c1-7-8-9-10-22(31-19(3)29)13-12-21-16-25(32-20(4)30)27-23-15-18(2)11-14-24(23)28(5,6)33-26(27)17-21/h11-13,16-17,22-24H,7-10,14-15H2,1-6H3/b13-12+. The number of esters is 2. The van der Waals surface area contributed by atoms with Gasteiger partial charge in [-0.25, -0.2) is 0 Å². The van der Waals surface area contributed by atoms with Gasteiger partial charge in [0.15, 0.2) is 0 Å².